The third kappa shape index (κ3) is 9.99. The summed E-state index contributed by atoms with van der Waals surface area (Å²) in [5.41, 5.74) is 0. The predicted molar refractivity (Wildman–Crippen MR) is 70.3 cm³/mol. The summed E-state index contributed by atoms with van der Waals surface area (Å²) in [6.45, 7) is 9.32. The molecular weight excluding hydrogens is 182 g/mol. The van der Waals surface area contributed by atoms with Gasteiger partial charge in [-0.25, -0.2) is 0 Å². The Morgan fingerprint density at radius 1 is 1.07 bits per heavy atom. The lowest BCUT2D eigenvalue weighted by Crippen LogP contribution is -2.27. The van der Waals surface area contributed by atoms with E-state index >= 15 is 0 Å². The van der Waals surface area contributed by atoms with Gasteiger partial charge in [0.25, 0.3) is 0 Å². The average Bonchev–Trinajstić information content (AvgIpc) is 2.26. The third-order valence-corrected chi connectivity index (χ3v) is 2.95. The molecule has 0 aromatic rings. The summed E-state index contributed by atoms with van der Waals surface area (Å²) in [7, 11) is 0. The molecule has 0 aromatic heterocycles. The van der Waals surface area contributed by atoms with Crippen LogP contribution >= 0.6 is 0 Å². The second-order valence-corrected chi connectivity index (χ2v) is 4.30. The van der Waals surface area contributed by atoms with Crippen molar-refractivity contribution in [3.05, 3.63) is 12.7 Å². The van der Waals surface area contributed by atoms with Crippen LogP contribution in [0.5, 0.6) is 0 Å². The summed E-state index contributed by atoms with van der Waals surface area (Å²) in [5.74, 6) is 0. The molecule has 1 atom stereocenters. The molecule has 0 aromatic carbocycles. The van der Waals surface area contributed by atoms with E-state index in [0.29, 0.717) is 0 Å². The topological polar surface area (TPSA) is 12.0 Å². The normalized spacial score (nSPS) is 12.7. The van der Waals surface area contributed by atoms with Crippen LogP contribution in [0.4, 0.5) is 0 Å². The van der Waals surface area contributed by atoms with Crippen LogP contribution in [0.3, 0.4) is 0 Å². The molecule has 0 amide bonds. The van der Waals surface area contributed by atoms with E-state index in [9.17, 15) is 0 Å². The van der Waals surface area contributed by atoms with Crippen LogP contribution in [0.2, 0.25) is 0 Å². The van der Waals surface area contributed by atoms with Gasteiger partial charge in [-0.05, 0) is 32.2 Å². The Kier molecular flexibility index (Phi) is 11.5. The maximum absolute atomic E-state index is 3.74. The molecule has 1 unspecified atom stereocenters. The Morgan fingerprint density at radius 3 is 2.33 bits per heavy atom. The number of rotatable bonds is 11. The highest BCUT2D eigenvalue weighted by molar-refractivity contribution is 4.66. The van der Waals surface area contributed by atoms with Crippen LogP contribution in [0.15, 0.2) is 12.7 Å². The lowest BCUT2D eigenvalue weighted by atomic mass is 10.0. The van der Waals surface area contributed by atoms with Crippen LogP contribution in [-0.4, -0.2) is 12.6 Å². The van der Waals surface area contributed by atoms with E-state index in [4.69, 9.17) is 0 Å². The molecule has 90 valence electrons. The zero-order valence-electron chi connectivity index (χ0n) is 10.7. The van der Waals surface area contributed by atoms with Crippen molar-refractivity contribution in [2.24, 2.45) is 0 Å². The Balaban J connectivity index is 3.17. The van der Waals surface area contributed by atoms with Gasteiger partial charge in [0.1, 0.15) is 0 Å². The van der Waals surface area contributed by atoms with Crippen molar-refractivity contribution < 1.29 is 0 Å². The van der Waals surface area contributed by atoms with E-state index in [1.807, 2.05) is 6.08 Å². The van der Waals surface area contributed by atoms with Crippen LogP contribution in [0.25, 0.3) is 0 Å². The van der Waals surface area contributed by atoms with Gasteiger partial charge in [0, 0.05) is 6.04 Å². The lowest BCUT2D eigenvalue weighted by Gasteiger charge is -2.15. The van der Waals surface area contributed by atoms with Crippen molar-refractivity contribution >= 4 is 0 Å². The fraction of sp³-hybridized carbons (Fsp3) is 0.857. The molecule has 0 aliphatic rings. The molecule has 0 heterocycles. The van der Waals surface area contributed by atoms with E-state index in [0.717, 1.165) is 12.6 Å². The first-order valence-electron chi connectivity index (χ1n) is 6.69. The first-order valence-corrected chi connectivity index (χ1v) is 6.69. The summed E-state index contributed by atoms with van der Waals surface area (Å²) in [6, 6.07) is 0.753. The minimum atomic E-state index is 0.753. The van der Waals surface area contributed by atoms with Crippen molar-refractivity contribution in [2.45, 2.75) is 71.3 Å². The van der Waals surface area contributed by atoms with Crippen LogP contribution in [0.1, 0.15) is 65.2 Å². The number of hydrogen-bond acceptors (Lipinski definition) is 1. The zero-order valence-corrected chi connectivity index (χ0v) is 10.7. The van der Waals surface area contributed by atoms with Gasteiger partial charge in [-0.15, -0.1) is 6.58 Å². The molecule has 0 aliphatic carbocycles. The number of unbranched alkanes of at least 4 members (excludes halogenated alkanes) is 5. The number of allylic oxidation sites excluding steroid dienone is 1. The van der Waals surface area contributed by atoms with Crippen molar-refractivity contribution in [1.29, 1.82) is 0 Å². The van der Waals surface area contributed by atoms with Gasteiger partial charge in [0.05, 0.1) is 0 Å². The molecule has 1 nitrogen and oxygen atoms in total. The molecule has 0 saturated heterocycles. The average molecular weight is 211 g/mol. The molecule has 15 heavy (non-hydrogen) atoms. The molecule has 0 spiro atoms. The summed E-state index contributed by atoms with van der Waals surface area (Å²) in [5, 5.41) is 3.53. The van der Waals surface area contributed by atoms with Gasteiger partial charge in [-0.2, -0.15) is 0 Å². The maximum Gasteiger partial charge on any atom is 0.00643 e. The Morgan fingerprint density at radius 2 is 1.73 bits per heavy atom. The van der Waals surface area contributed by atoms with Gasteiger partial charge in [0.15, 0.2) is 0 Å². The fourth-order valence-corrected chi connectivity index (χ4v) is 1.95. The van der Waals surface area contributed by atoms with E-state index in [2.05, 4.69) is 25.7 Å². The van der Waals surface area contributed by atoms with E-state index in [1.54, 1.807) is 0 Å². The second-order valence-electron chi connectivity index (χ2n) is 4.30. The molecule has 0 bridgehead atoms. The van der Waals surface area contributed by atoms with Crippen molar-refractivity contribution in [3.8, 4) is 0 Å². The number of nitrogens with one attached hydrogen (secondary N) is 1. The molecule has 0 radical (unpaired) electrons. The van der Waals surface area contributed by atoms with Crippen molar-refractivity contribution in [3.63, 3.8) is 0 Å². The Hall–Kier alpha value is -0.300. The minimum absolute atomic E-state index is 0.753. The van der Waals surface area contributed by atoms with Crippen molar-refractivity contribution in [2.75, 3.05) is 6.54 Å². The SMILES string of the molecule is C=CCCCCCCCC(CC)NCC. The maximum atomic E-state index is 3.74. The van der Waals surface area contributed by atoms with E-state index in [-0.39, 0.29) is 0 Å². The van der Waals surface area contributed by atoms with Gasteiger partial charge in [-0.3, -0.25) is 0 Å². The second kappa shape index (κ2) is 11.8. The molecule has 0 saturated carbocycles. The predicted octanol–water partition coefficient (Wildman–Crippen LogP) is 4.29. The third-order valence-electron chi connectivity index (χ3n) is 2.95. The van der Waals surface area contributed by atoms with Gasteiger partial charge >= 0.3 is 0 Å². The quantitative estimate of drug-likeness (QED) is 0.397. The minimum Gasteiger partial charge on any atom is -0.314 e. The largest absolute Gasteiger partial charge is 0.314 e. The van der Waals surface area contributed by atoms with E-state index < -0.39 is 0 Å². The van der Waals surface area contributed by atoms with Gasteiger partial charge < -0.3 is 5.32 Å². The smallest absolute Gasteiger partial charge is 0.00643 e. The molecule has 1 heteroatoms. The lowest BCUT2D eigenvalue weighted by molar-refractivity contribution is 0.452. The Bertz CT molecular complexity index is 131. The summed E-state index contributed by atoms with van der Waals surface area (Å²) in [4.78, 5) is 0. The molecule has 0 rings (SSSR count). The fourth-order valence-electron chi connectivity index (χ4n) is 1.95. The highest BCUT2D eigenvalue weighted by Crippen LogP contribution is 2.10. The standard InChI is InChI=1S/C14H29N/c1-4-7-8-9-10-11-12-13-14(5-2)15-6-3/h4,14-15H,1,5-13H2,2-3H3. The van der Waals surface area contributed by atoms with Crippen molar-refractivity contribution in [1.82, 2.24) is 5.32 Å². The molecular formula is C14H29N. The molecule has 0 aliphatic heterocycles. The highest BCUT2D eigenvalue weighted by Gasteiger charge is 2.02. The monoisotopic (exact) mass is 211 g/mol. The summed E-state index contributed by atoms with van der Waals surface area (Å²) < 4.78 is 0. The number of hydrogen-bond donors (Lipinski definition) is 1. The first-order chi connectivity index (χ1) is 7.35. The van der Waals surface area contributed by atoms with Gasteiger partial charge in [-0.1, -0.05) is 45.6 Å². The first kappa shape index (κ1) is 14.7. The van der Waals surface area contributed by atoms with Crippen LogP contribution in [0, 0.1) is 0 Å². The zero-order chi connectivity index (χ0) is 11.4. The van der Waals surface area contributed by atoms with Crippen LogP contribution in [-0.2, 0) is 0 Å². The van der Waals surface area contributed by atoms with Gasteiger partial charge in [0.2, 0.25) is 0 Å². The van der Waals surface area contributed by atoms with E-state index in [1.165, 1.54) is 51.4 Å². The molecule has 0 fully saturated rings. The Labute approximate surface area is 96.3 Å². The highest BCUT2D eigenvalue weighted by atomic mass is 14.9. The summed E-state index contributed by atoms with van der Waals surface area (Å²) >= 11 is 0. The van der Waals surface area contributed by atoms with Crippen LogP contribution < -0.4 is 5.32 Å². The molecule has 1 N–H and O–H groups in total. The summed E-state index contributed by atoms with van der Waals surface area (Å²) in [6.07, 6.45) is 12.7.